The van der Waals surface area contributed by atoms with Crippen molar-refractivity contribution in [1.29, 1.82) is 0 Å². The summed E-state index contributed by atoms with van der Waals surface area (Å²) >= 11 is 0. The number of nitrogens with zero attached hydrogens (tertiary/aromatic N) is 3. The highest BCUT2D eigenvalue weighted by Gasteiger charge is 2.30. The molecule has 0 aromatic carbocycles. The number of carbonyl (C=O) groups is 1. The van der Waals surface area contributed by atoms with Gasteiger partial charge in [-0.25, -0.2) is 4.98 Å². The normalized spacial score (nSPS) is 13.9. The van der Waals surface area contributed by atoms with E-state index >= 15 is 0 Å². The summed E-state index contributed by atoms with van der Waals surface area (Å²) in [6, 6.07) is 5.76. The van der Waals surface area contributed by atoms with E-state index in [2.05, 4.69) is 15.0 Å². The average molecular weight is 298 g/mol. The lowest BCUT2D eigenvalue weighted by atomic mass is 10.1. The number of aromatic amines is 1. The van der Waals surface area contributed by atoms with Crippen LogP contribution in [0.15, 0.2) is 29.2 Å². The van der Waals surface area contributed by atoms with Crippen LogP contribution < -0.4 is 5.56 Å². The molecule has 1 amide bonds. The number of aromatic nitrogens is 3. The number of nitrogens with one attached hydrogen (secondary N) is 1. The van der Waals surface area contributed by atoms with Crippen LogP contribution >= 0.6 is 0 Å². The van der Waals surface area contributed by atoms with Gasteiger partial charge in [-0.3, -0.25) is 14.6 Å². The minimum absolute atomic E-state index is 0.0384. The molecule has 1 aliphatic carbocycles. The van der Waals surface area contributed by atoms with Gasteiger partial charge in [-0.15, -0.1) is 0 Å². The Kier molecular flexibility index (Phi) is 3.75. The molecular weight excluding hydrogens is 280 g/mol. The number of rotatable bonds is 4. The van der Waals surface area contributed by atoms with Crippen molar-refractivity contribution in [3.63, 3.8) is 0 Å². The molecule has 6 heteroatoms. The van der Waals surface area contributed by atoms with Gasteiger partial charge in [0.1, 0.15) is 5.69 Å². The molecule has 0 radical (unpaired) electrons. The van der Waals surface area contributed by atoms with E-state index in [-0.39, 0.29) is 17.9 Å². The maximum Gasteiger partial charge on any atom is 0.255 e. The molecule has 2 heterocycles. The highest BCUT2D eigenvalue weighted by Crippen LogP contribution is 2.25. The Balaban J connectivity index is 1.87. The van der Waals surface area contributed by atoms with E-state index < -0.39 is 0 Å². The van der Waals surface area contributed by atoms with E-state index in [1.54, 1.807) is 37.2 Å². The first-order chi connectivity index (χ1) is 10.6. The van der Waals surface area contributed by atoms with Gasteiger partial charge in [-0.05, 0) is 31.9 Å². The van der Waals surface area contributed by atoms with Crippen molar-refractivity contribution >= 4 is 5.91 Å². The minimum Gasteiger partial charge on any atom is -0.342 e. The van der Waals surface area contributed by atoms with Crippen LogP contribution in [0.5, 0.6) is 0 Å². The first-order valence-corrected chi connectivity index (χ1v) is 7.33. The number of hydrogen-bond acceptors (Lipinski definition) is 4. The summed E-state index contributed by atoms with van der Waals surface area (Å²) in [7, 11) is 1.79. The lowest BCUT2D eigenvalue weighted by Crippen LogP contribution is -2.32. The maximum atomic E-state index is 12.3. The zero-order valence-electron chi connectivity index (χ0n) is 12.7. The van der Waals surface area contributed by atoms with E-state index in [0.29, 0.717) is 28.8 Å². The molecule has 6 nitrogen and oxygen atoms in total. The van der Waals surface area contributed by atoms with Crippen molar-refractivity contribution in [2.24, 2.45) is 0 Å². The summed E-state index contributed by atoms with van der Waals surface area (Å²) in [5, 5.41) is 0. The van der Waals surface area contributed by atoms with Crippen molar-refractivity contribution < 1.29 is 4.79 Å². The summed E-state index contributed by atoms with van der Waals surface area (Å²) < 4.78 is 0. The largest absolute Gasteiger partial charge is 0.342 e. The van der Waals surface area contributed by atoms with Crippen LogP contribution in [0.4, 0.5) is 0 Å². The van der Waals surface area contributed by atoms with Gasteiger partial charge in [0.2, 0.25) is 5.91 Å². The van der Waals surface area contributed by atoms with Crippen molar-refractivity contribution in [2.45, 2.75) is 32.2 Å². The van der Waals surface area contributed by atoms with E-state index in [9.17, 15) is 9.59 Å². The maximum absolute atomic E-state index is 12.3. The Morgan fingerprint density at radius 2 is 2.18 bits per heavy atom. The second-order valence-electron chi connectivity index (χ2n) is 5.61. The standard InChI is InChI=1S/C16H18N4O2/c1-10-12(9-14(21)20(2)11-6-7-11)16(22)19-15(18-10)13-5-3-4-8-17-13/h3-5,8,11H,6-7,9H2,1-2H3,(H,18,19,22). The molecule has 0 saturated heterocycles. The molecule has 1 N–H and O–H groups in total. The third kappa shape index (κ3) is 2.90. The molecule has 1 fully saturated rings. The molecule has 0 bridgehead atoms. The van der Waals surface area contributed by atoms with Gasteiger partial charge in [0.05, 0.1) is 6.42 Å². The van der Waals surface area contributed by atoms with E-state index in [1.807, 2.05) is 6.07 Å². The fourth-order valence-electron chi connectivity index (χ4n) is 2.38. The van der Waals surface area contributed by atoms with Crippen LogP contribution in [0, 0.1) is 6.92 Å². The molecule has 1 aliphatic rings. The fraction of sp³-hybridized carbons (Fsp3) is 0.375. The van der Waals surface area contributed by atoms with Gasteiger partial charge in [0.25, 0.3) is 5.56 Å². The lowest BCUT2D eigenvalue weighted by Gasteiger charge is -2.16. The molecule has 3 rings (SSSR count). The number of likely N-dealkylation sites (N-methyl/N-ethyl adjacent to an activating group) is 1. The Morgan fingerprint density at radius 3 is 2.77 bits per heavy atom. The van der Waals surface area contributed by atoms with Crippen LogP contribution in [0.25, 0.3) is 11.5 Å². The predicted octanol–water partition coefficient (Wildman–Crippen LogP) is 1.30. The zero-order chi connectivity index (χ0) is 15.7. The number of pyridine rings is 1. The molecule has 0 atom stereocenters. The summed E-state index contributed by atoms with van der Waals surface area (Å²) in [6.45, 7) is 1.75. The van der Waals surface area contributed by atoms with Gasteiger partial charge >= 0.3 is 0 Å². The lowest BCUT2D eigenvalue weighted by molar-refractivity contribution is -0.129. The van der Waals surface area contributed by atoms with Crippen molar-refractivity contribution in [3.8, 4) is 11.5 Å². The Bertz CT molecular complexity index is 750. The molecule has 2 aromatic heterocycles. The molecule has 1 saturated carbocycles. The summed E-state index contributed by atoms with van der Waals surface area (Å²) in [5.74, 6) is 0.387. The number of H-pyrrole nitrogens is 1. The van der Waals surface area contributed by atoms with E-state index in [4.69, 9.17) is 0 Å². The molecule has 0 aliphatic heterocycles. The molecule has 0 unspecified atom stereocenters. The van der Waals surface area contributed by atoms with Crippen LogP contribution in [-0.2, 0) is 11.2 Å². The third-order valence-electron chi connectivity index (χ3n) is 3.95. The second kappa shape index (κ2) is 5.71. The summed E-state index contributed by atoms with van der Waals surface area (Å²) in [6.07, 6.45) is 3.83. The number of hydrogen-bond donors (Lipinski definition) is 1. The number of carbonyl (C=O) groups excluding carboxylic acids is 1. The molecule has 22 heavy (non-hydrogen) atoms. The first-order valence-electron chi connectivity index (χ1n) is 7.33. The second-order valence-corrected chi connectivity index (χ2v) is 5.61. The summed E-state index contributed by atoms with van der Waals surface area (Å²) in [4.78, 5) is 37.5. The fourth-order valence-corrected chi connectivity index (χ4v) is 2.38. The van der Waals surface area contributed by atoms with Crippen molar-refractivity contribution in [3.05, 3.63) is 46.0 Å². The highest BCUT2D eigenvalue weighted by molar-refractivity contribution is 5.79. The monoisotopic (exact) mass is 298 g/mol. The van der Waals surface area contributed by atoms with Gasteiger partial charge in [0, 0.05) is 30.5 Å². The molecule has 2 aromatic rings. The molecular formula is C16H18N4O2. The quantitative estimate of drug-likeness (QED) is 0.923. The van der Waals surface area contributed by atoms with Crippen molar-refractivity contribution in [1.82, 2.24) is 19.9 Å². The number of amides is 1. The van der Waals surface area contributed by atoms with Crippen LogP contribution in [-0.4, -0.2) is 38.8 Å². The SMILES string of the molecule is Cc1nc(-c2ccccn2)[nH]c(=O)c1CC(=O)N(C)C1CC1. The first kappa shape index (κ1) is 14.4. The Hall–Kier alpha value is -2.50. The topological polar surface area (TPSA) is 79.0 Å². The predicted molar refractivity (Wildman–Crippen MR) is 82.3 cm³/mol. The van der Waals surface area contributed by atoms with Crippen molar-refractivity contribution in [2.75, 3.05) is 7.05 Å². The van der Waals surface area contributed by atoms with Gasteiger partial charge in [-0.2, -0.15) is 0 Å². The van der Waals surface area contributed by atoms with Crippen LogP contribution in [0.2, 0.25) is 0 Å². The van der Waals surface area contributed by atoms with Gasteiger partial charge < -0.3 is 9.88 Å². The average Bonchev–Trinajstić information content (AvgIpc) is 3.35. The van der Waals surface area contributed by atoms with Gasteiger partial charge in [-0.1, -0.05) is 6.07 Å². The van der Waals surface area contributed by atoms with E-state index in [1.165, 1.54) is 0 Å². The highest BCUT2D eigenvalue weighted by atomic mass is 16.2. The van der Waals surface area contributed by atoms with E-state index in [0.717, 1.165) is 12.8 Å². The van der Waals surface area contributed by atoms with Gasteiger partial charge in [0.15, 0.2) is 5.82 Å². The minimum atomic E-state index is -0.272. The number of aryl methyl sites for hydroxylation is 1. The third-order valence-corrected chi connectivity index (χ3v) is 3.95. The molecule has 114 valence electrons. The Labute approximate surface area is 128 Å². The molecule has 0 spiro atoms. The smallest absolute Gasteiger partial charge is 0.255 e. The summed E-state index contributed by atoms with van der Waals surface area (Å²) in [5.41, 5.74) is 1.33. The Morgan fingerprint density at radius 1 is 1.41 bits per heavy atom. The van der Waals surface area contributed by atoms with Crippen LogP contribution in [0.3, 0.4) is 0 Å². The van der Waals surface area contributed by atoms with Crippen LogP contribution in [0.1, 0.15) is 24.1 Å². The zero-order valence-corrected chi connectivity index (χ0v) is 12.7.